The van der Waals surface area contributed by atoms with E-state index in [-0.39, 0.29) is 0 Å². The van der Waals surface area contributed by atoms with Gasteiger partial charge in [0.1, 0.15) is 5.54 Å². The SMILES string of the molecule is COc1c(C=O)ccc(C2(N=C=O)CC2)c1OC. The Labute approximate surface area is 104 Å². The molecular formula is C13H13NO4. The second-order valence-corrected chi connectivity index (χ2v) is 4.12. The second-order valence-electron chi connectivity index (χ2n) is 4.12. The van der Waals surface area contributed by atoms with Gasteiger partial charge in [-0.2, -0.15) is 4.99 Å². The van der Waals surface area contributed by atoms with Gasteiger partial charge in [-0.15, -0.1) is 0 Å². The number of hydrogen-bond donors (Lipinski definition) is 0. The summed E-state index contributed by atoms with van der Waals surface area (Å²) in [4.78, 5) is 25.3. The lowest BCUT2D eigenvalue weighted by Gasteiger charge is -2.17. The molecule has 0 bridgehead atoms. The first-order valence-corrected chi connectivity index (χ1v) is 5.52. The van der Waals surface area contributed by atoms with Crippen LogP contribution in [0.5, 0.6) is 11.5 Å². The van der Waals surface area contributed by atoms with Crippen molar-refractivity contribution in [2.45, 2.75) is 18.4 Å². The van der Waals surface area contributed by atoms with E-state index < -0.39 is 5.54 Å². The predicted molar refractivity (Wildman–Crippen MR) is 64.0 cm³/mol. The first-order chi connectivity index (χ1) is 8.72. The third-order valence-corrected chi connectivity index (χ3v) is 3.16. The lowest BCUT2D eigenvalue weighted by Crippen LogP contribution is -2.07. The highest BCUT2D eigenvalue weighted by atomic mass is 16.5. The van der Waals surface area contributed by atoms with Gasteiger partial charge in [0, 0.05) is 5.56 Å². The molecule has 0 N–H and O–H groups in total. The molecule has 1 aliphatic rings. The molecule has 0 unspecified atom stereocenters. The number of ether oxygens (including phenoxy) is 2. The Balaban J connectivity index is 2.62. The number of aldehydes is 1. The van der Waals surface area contributed by atoms with E-state index in [1.165, 1.54) is 14.2 Å². The first-order valence-electron chi connectivity index (χ1n) is 5.52. The first kappa shape index (κ1) is 12.3. The van der Waals surface area contributed by atoms with Crippen LogP contribution in [-0.2, 0) is 10.3 Å². The molecule has 0 radical (unpaired) electrons. The molecule has 0 heterocycles. The number of benzene rings is 1. The Morgan fingerprint density at radius 3 is 2.39 bits per heavy atom. The van der Waals surface area contributed by atoms with Crippen LogP contribution in [0.15, 0.2) is 17.1 Å². The van der Waals surface area contributed by atoms with Gasteiger partial charge in [0.25, 0.3) is 0 Å². The van der Waals surface area contributed by atoms with Crippen LogP contribution >= 0.6 is 0 Å². The highest BCUT2D eigenvalue weighted by Crippen LogP contribution is 2.54. The van der Waals surface area contributed by atoms with E-state index >= 15 is 0 Å². The fourth-order valence-electron chi connectivity index (χ4n) is 2.10. The summed E-state index contributed by atoms with van der Waals surface area (Å²) in [5, 5.41) is 0. The van der Waals surface area contributed by atoms with E-state index in [4.69, 9.17) is 9.47 Å². The highest BCUT2D eigenvalue weighted by molar-refractivity contribution is 5.82. The van der Waals surface area contributed by atoms with Gasteiger partial charge in [0.05, 0.1) is 19.8 Å². The number of isocyanates is 1. The van der Waals surface area contributed by atoms with Gasteiger partial charge >= 0.3 is 0 Å². The summed E-state index contributed by atoms with van der Waals surface area (Å²) in [6, 6.07) is 3.39. The van der Waals surface area contributed by atoms with Crippen molar-refractivity contribution in [3.63, 3.8) is 0 Å². The Bertz CT molecular complexity index is 528. The Hall–Kier alpha value is -2.13. The van der Waals surface area contributed by atoms with Gasteiger partial charge < -0.3 is 9.47 Å². The summed E-state index contributed by atoms with van der Waals surface area (Å²) in [6.45, 7) is 0. The molecule has 18 heavy (non-hydrogen) atoms. The number of carbonyl (C=O) groups is 1. The maximum absolute atomic E-state index is 10.9. The zero-order chi connectivity index (χ0) is 13.2. The van der Waals surface area contributed by atoms with Crippen LogP contribution in [0.4, 0.5) is 0 Å². The van der Waals surface area contributed by atoms with Crippen LogP contribution in [0.1, 0.15) is 28.8 Å². The molecule has 0 aromatic heterocycles. The summed E-state index contributed by atoms with van der Waals surface area (Å²) >= 11 is 0. The number of aliphatic imine (C=N–C) groups is 1. The summed E-state index contributed by atoms with van der Waals surface area (Å²) in [7, 11) is 2.97. The van der Waals surface area contributed by atoms with Gasteiger partial charge in [-0.05, 0) is 18.9 Å². The maximum atomic E-state index is 10.9. The molecule has 2 rings (SSSR count). The van der Waals surface area contributed by atoms with Gasteiger partial charge in [0.15, 0.2) is 17.8 Å². The van der Waals surface area contributed by atoms with Crippen molar-refractivity contribution in [1.29, 1.82) is 0 Å². The van der Waals surface area contributed by atoms with Crippen molar-refractivity contribution in [1.82, 2.24) is 0 Å². The smallest absolute Gasteiger partial charge is 0.235 e. The van der Waals surface area contributed by atoms with E-state index in [1.54, 1.807) is 18.2 Å². The average Bonchev–Trinajstić information content (AvgIpc) is 3.17. The molecule has 0 aliphatic heterocycles. The van der Waals surface area contributed by atoms with Crippen molar-refractivity contribution in [2.24, 2.45) is 4.99 Å². The van der Waals surface area contributed by atoms with Crippen molar-refractivity contribution < 1.29 is 19.1 Å². The summed E-state index contributed by atoms with van der Waals surface area (Å²) < 4.78 is 10.5. The van der Waals surface area contributed by atoms with Crippen LogP contribution in [0.3, 0.4) is 0 Å². The third kappa shape index (κ3) is 1.79. The van der Waals surface area contributed by atoms with Crippen molar-refractivity contribution in [3.8, 4) is 11.5 Å². The van der Waals surface area contributed by atoms with E-state index in [2.05, 4.69) is 4.99 Å². The summed E-state index contributed by atoms with van der Waals surface area (Å²) in [5.74, 6) is 0.830. The van der Waals surface area contributed by atoms with Crippen molar-refractivity contribution in [2.75, 3.05) is 14.2 Å². The minimum absolute atomic E-state index is 0.373. The van der Waals surface area contributed by atoms with Crippen molar-refractivity contribution >= 4 is 12.4 Å². The van der Waals surface area contributed by atoms with Crippen LogP contribution in [0.25, 0.3) is 0 Å². The largest absolute Gasteiger partial charge is 0.492 e. The van der Waals surface area contributed by atoms with Crippen LogP contribution in [0.2, 0.25) is 0 Å². The Morgan fingerprint density at radius 1 is 1.28 bits per heavy atom. The highest BCUT2D eigenvalue weighted by Gasteiger charge is 2.47. The fraction of sp³-hybridized carbons (Fsp3) is 0.385. The maximum Gasteiger partial charge on any atom is 0.235 e. The number of rotatable bonds is 5. The van der Waals surface area contributed by atoms with Gasteiger partial charge in [-0.1, -0.05) is 6.07 Å². The molecular weight excluding hydrogens is 234 g/mol. The molecule has 0 amide bonds. The summed E-state index contributed by atoms with van der Waals surface area (Å²) in [5.41, 5.74) is 0.613. The van der Waals surface area contributed by atoms with E-state index in [0.717, 1.165) is 18.4 Å². The van der Waals surface area contributed by atoms with Crippen LogP contribution in [-0.4, -0.2) is 26.6 Å². The summed E-state index contributed by atoms with van der Waals surface area (Å²) in [6.07, 6.45) is 3.83. The fourth-order valence-corrected chi connectivity index (χ4v) is 2.10. The zero-order valence-corrected chi connectivity index (χ0v) is 10.2. The quantitative estimate of drug-likeness (QED) is 0.452. The Morgan fingerprint density at radius 2 is 1.94 bits per heavy atom. The molecule has 1 aliphatic carbocycles. The zero-order valence-electron chi connectivity index (χ0n) is 10.2. The molecule has 0 atom stereocenters. The average molecular weight is 247 g/mol. The molecule has 94 valence electrons. The monoisotopic (exact) mass is 247 g/mol. The molecule has 5 nitrogen and oxygen atoms in total. The molecule has 1 aromatic carbocycles. The van der Waals surface area contributed by atoms with E-state index in [9.17, 15) is 9.59 Å². The van der Waals surface area contributed by atoms with Crippen LogP contribution in [0, 0.1) is 0 Å². The molecule has 1 saturated carbocycles. The lowest BCUT2D eigenvalue weighted by atomic mass is 10.0. The predicted octanol–water partition coefficient (Wildman–Crippen LogP) is 1.84. The molecule has 5 heteroatoms. The molecule has 0 saturated heterocycles. The lowest BCUT2D eigenvalue weighted by molar-refractivity contribution is 0.112. The molecule has 0 spiro atoms. The molecule has 1 fully saturated rings. The van der Waals surface area contributed by atoms with E-state index in [0.29, 0.717) is 23.3 Å². The van der Waals surface area contributed by atoms with E-state index in [1.807, 2.05) is 0 Å². The number of methoxy groups -OCH3 is 2. The number of nitrogens with zero attached hydrogens (tertiary/aromatic N) is 1. The molecule has 1 aromatic rings. The number of carbonyl (C=O) groups excluding carboxylic acids is 2. The minimum atomic E-state index is -0.554. The van der Waals surface area contributed by atoms with Gasteiger partial charge in [0.2, 0.25) is 6.08 Å². The van der Waals surface area contributed by atoms with Gasteiger partial charge in [-0.25, -0.2) is 4.79 Å². The van der Waals surface area contributed by atoms with Crippen LogP contribution < -0.4 is 9.47 Å². The topological polar surface area (TPSA) is 65.0 Å². The van der Waals surface area contributed by atoms with Gasteiger partial charge in [-0.3, -0.25) is 4.79 Å². The Kier molecular flexibility index (Phi) is 3.17. The third-order valence-electron chi connectivity index (χ3n) is 3.16. The van der Waals surface area contributed by atoms with Crippen molar-refractivity contribution in [3.05, 3.63) is 23.3 Å². The number of hydrogen-bond acceptors (Lipinski definition) is 5. The second kappa shape index (κ2) is 4.63. The standard InChI is InChI=1S/C13H13NO4/c1-17-11-9(7-15)3-4-10(12(11)18-2)13(5-6-13)14-8-16/h3-4,7H,5-6H2,1-2H3. The normalized spacial score (nSPS) is 15.4. The minimum Gasteiger partial charge on any atom is -0.492 e.